The summed E-state index contributed by atoms with van der Waals surface area (Å²) < 4.78 is 1.45. The fourth-order valence-corrected chi connectivity index (χ4v) is 2.70. The van der Waals surface area contributed by atoms with Gasteiger partial charge in [0.1, 0.15) is 12.7 Å². The molecule has 1 saturated heterocycles. The van der Waals surface area contributed by atoms with Gasteiger partial charge in [0, 0.05) is 19.7 Å². The number of hydrogen-bond acceptors (Lipinski definition) is 7. The molecular weight excluding hydrogens is 294 g/mol. The molecule has 1 N–H and O–H groups in total. The molecule has 3 heterocycles. The van der Waals surface area contributed by atoms with Crippen molar-refractivity contribution in [1.82, 2.24) is 29.7 Å². The van der Waals surface area contributed by atoms with Gasteiger partial charge in [0.15, 0.2) is 0 Å². The summed E-state index contributed by atoms with van der Waals surface area (Å²) >= 11 is 5.99. The molecule has 0 radical (unpaired) electrons. The van der Waals surface area contributed by atoms with E-state index in [0.29, 0.717) is 17.8 Å². The van der Waals surface area contributed by atoms with Crippen molar-refractivity contribution < 1.29 is 5.11 Å². The molecule has 21 heavy (non-hydrogen) atoms. The number of aromatic nitrogens is 6. The van der Waals surface area contributed by atoms with Crippen LogP contribution in [0.3, 0.4) is 0 Å². The van der Waals surface area contributed by atoms with Gasteiger partial charge in [-0.05, 0) is 36.8 Å². The number of anilines is 1. The number of halogens is 1. The average Bonchev–Trinajstić information content (AvgIpc) is 3.01. The Labute approximate surface area is 126 Å². The maximum absolute atomic E-state index is 9.09. The summed E-state index contributed by atoms with van der Waals surface area (Å²) in [5, 5.41) is 13.2. The number of rotatable bonds is 4. The van der Waals surface area contributed by atoms with E-state index in [4.69, 9.17) is 16.7 Å². The first-order chi connectivity index (χ1) is 10.3. The quantitative estimate of drug-likeness (QED) is 0.888. The molecule has 0 amide bonds. The van der Waals surface area contributed by atoms with E-state index in [9.17, 15) is 0 Å². The molecule has 0 spiro atoms. The van der Waals surface area contributed by atoms with E-state index in [1.54, 1.807) is 0 Å². The number of aliphatic hydroxyl groups is 1. The van der Waals surface area contributed by atoms with Gasteiger partial charge in [-0.2, -0.15) is 24.7 Å². The van der Waals surface area contributed by atoms with Crippen LogP contribution in [0.15, 0.2) is 12.7 Å². The van der Waals surface area contributed by atoms with Gasteiger partial charge in [-0.3, -0.25) is 0 Å². The lowest BCUT2D eigenvalue weighted by molar-refractivity contribution is 0.244. The molecule has 9 heteroatoms. The minimum atomic E-state index is 0.134. The molecule has 8 nitrogen and oxygen atoms in total. The molecule has 0 saturated carbocycles. The molecule has 3 rings (SSSR count). The predicted molar refractivity (Wildman–Crippen MR) is 76.4 cm³/mol. The van der Waals surface area contributed by atoms with Gasteiger partial charge in [-0.15, -0.1) is 0 Å². The number of piperidine rings is 1. The second-order valence-electron chi connectivity index (χ2n) is 5.01. The van der Waals surface area contributed by atoms with E-state index in [1.807, 2.05) is 0 Å². The van der Waals surface area contributed by atoms with Crippen LogP contribution in [0, 0.1) is 5.92 Å². The van der Waals surface area contributed by atoms with Crippen LogP contribution in [0.4, 0.5) is 5.95 Å². The van der Waals surface area contributed by atoms with Gasteiger partial charge >= 0.3 is 0 Å². The van der Waals surface area contributed by atoms with Gasteiger partial charge in [0.05, 0.1) is 0 Å². The van der Waals surface area contributed by atoms with Gasteiger partial charge in [0.25, 0.3) is 5.95 Å². The Hall–Kier alpha value is -1.80. The third kappa shape index (κ3) is 3.27. The standard InChI is InChI=1S/C12H16ClN7O/c13-10-16-11(18-12(17-10)20-8-14-7-15-20)19-4-1-2-9(6-19)3-5-21/h7-9,21H,1-6H2. The zero-order valence-electron chi connectivity index (χ0n) is 11.4. The van der Waals surface area contributed by atoms with E-state index < -0.39 is 0 Å². The highest BCUT2D eigenvalue weighted by Crippen LogP contribution is 2.23. The fourth-order valence-electron chi connectivity index (χ4n) is 2.55. The lowest BCUT2D eigenvalue weighted by Gasteiger charge is -2.32. The molecule has 0 bridgehead atoms. The highest BCUT2D eigenvalue weighted by atomic mass is 35.5. The van der Waals surface area contributed by atoms with Crippen molar-refractivity contribution in [3.8, 4) is 5.95 Å². The summed E-state index contributed by atoms with van der Waals surface area (Å²) in [6, 6.07) is 0. The van der Waals surface area contributed by atoms with Crippen molar-refractivity contribution in [1.29, 1.82) is 0 Å². The molecule has 1 aliphatic heterocycles. The third-order valence-corrected chi connectivity index (χ3v) is 3.72. The van der Waals surface area contributed by atoms with Crippen LogP contribution in [0.1, 0.15) is 19.3 Å². The number of nitrogens with zero attached hydrogens (tertiary/aromatic N) is 7. The second kappa shape index (κ2) is 6.31. The van der Waals surface area contributed by atoms with E-state index in [-0.39, 0.29) is 11.9 Å². The summed E-state index contributed by atoms with van der Waals surface area (Å²) in [7, 11) is 0. The van der Waals surface area contributed by atoms with Crippen molar-refractivity contribution in [3.05, 3.63) is 17.9 Å². The first kappa shape index (κ1) is 14.2. The van der Waals surface area contributed by atoms with Crippen LogP contribution in [0.2, 0.25) is 5.28 Å². The Balaban J connectivity index is 1.84. The van der Waals surface area contributed by atoms with E-state index in [1.165, 1.54) is 17.3 Å². The van der Waals surface area contributed by atoms with Crippen LogP contribution in [-0.2, 0) is 0 Å². The van der Waals surface area contributed by atoms with Crippen LogP contribution in [-0.4, -0.2) is 54.5 Å². The molecule has 1 fully saturated rings. The monoisotopic (exact) mass is 309 g/mol. The zero-order valence-corrected chi connectivity index (χ0v) is 12.2. The first-order valence-corrected chi connectivity index (χ1v) is 7.26. The lowest BCUT2D eigenvalue weighted by Crippen LogP contribution is -2.37. The largest absolute Gasteiger partial charge is 0.396 e. The Morgan fingerprint density at radius 2 is 2.14 bits per heavy atom. The number of aliphatic hydroxyl groups excluding tert-OH is 1. The predicted octanol–water partition coefficient (Wildman–Crippen LogP) is 0.704. The fraction of sp³-hybridized carbons (Fsp3) is 0.583. The maximum atomic E-state index is 9.09. The van der Waals surface area contributed by atoms with Gasteiger partial charge < -0.3 is 10.0 Å². The van der Waals surface area contributed by atoms with Crippen molar-refractivity contribution in [2.24, 2.45) is 5.92 Å². The maximum Gasteiger partial charge on any atom is 0.258 e. The molecule has 1 aliphatic rings. The van der Waals surface area contributed by atoms with Crippen LogP contribution in [0.25, 0.3) is 5.95 Å². The Morgan fingerprint density at radius 3 is 2.90 bits per heavy atom. The van der Waals surface area contributed by atoms with Crippen LogP contribution in [0.5, 0.6) is 0 Å². The van der Waals surface area contributed by atoms with Crippen molar-refractivity contribution in [3.63, 3.8) is 0 Å². The molecular formula is C12H16ClN7O. The lowest BCUT2D eigenvalue weighted by atomic mass is 9.95. The zero-order chi connectivity index (χ0) is 14.7. The van der Waals surface area contributed by atoms with Gasteiger partial charge in [0.2, 0.25) is 11.2 Å². The molecule has 2 aromatic rings. The summed E-state index contributed by atoms with van der Waals surface area (Å²) in [6.07, 6.45) is 5.89. The minimum absolute atomic E-state index is 0.134. The molecule has 0 aromatic carbocycles. The highest BCUT2D eigenvalue weighted by molar-refractivity contribution is 6.28. The molecule has 0 aliphatic carbocycles. The normalized spacial score (nSPS) is 19.0. The molecule has 1 unspecified atom stereocenters. The third-order valence-electron chi connectivity index (χ3n) is 3.55. The topological polar surface area (TPSA) is 92.8 Å². The SMILES string of the molecule is OCCC1CCCN(c2nc(Cl)nc(-n3cncn3)n2)C1. The summed E-state index contributed by atoms with van der Waals surface area (Å²) in [5.74, 6) is 1.35. The Bertz CT molecular complexity index is 589. The van der Waals surface area contributed by atoms with E-state index >= 15 is 0 Å². The average molecular weight is 310 g/mol. The van der Waals surface area contributed by atoms with Crippen molar-refractivity contribution in [2.45, 2.75) is 19.3 Å². The van der Waals surface area contributed by atoms with Gasteiger partial charge in [-0.1, -0.05) is 0 Å². The molecule has 2 aromatic heterocycles. The van der Waals surface area contributed by atoms with Crippen LogP contribution >= 0.6 is 11.6 Å². The highest BCUT2D eigenvalue weighted by Gasteiger charge is 2.22. The summed E-state index contributed by atoms with van der Waals surface area (Å²) in [4.78, 5) is 18.6. The van der Waals surface area contributed by atoms with Crippen molar-refractivity contribution >= 4 is 17.5 Å². The first-order valence-electron chi connectivity index (χ1n) is 6.88. The molecule has 112 valence electrons. The van der Waals surface area contributed by atoms with Gasteiger partial charge in [-0.25, -0.2) is 4.98 Å². The van der Waals surface area contributed by atoms with Crippen LogP contribution < -0.4 is 4.90 Å². The minimum Gasteiger partial charge on any atom is -0.396 e. The number of hydrogen-bond donors (Lipinski definition) is 1. The Morgan fingerprint density at radius 1 is 1.29 bits per heavy atom. The van der Waals surface area contributed by atoms with Crippen molar-refractivity contribution in [2.75, 3.05) is 24.6 Å². The Kier molecular flexibility index (Phi) is 4.26. The molecule has 1 atom stereocenters. The summed E-state index contributed by atoms with van der Waals surface area (Å²) in [6.45, 7) is 1.90. The smallest absolute Gasteiger partial charge is 0.258 e. The van der Waals surface area contributed by atoms with E-state index in [0.717, 1.165) is 32.4 Å². The second-order valence-corrected chi connectivity index (χ2v) is 5.35. The van der Waals surface area contributed by atoms with E-state index in [2.05, 4.69) is 29.9 Å². The summed E-state index contributed by atoms with van der Waals surface area (Å²) in [5.41, 5.74) is 0.